The van der Waals surface area contributed by atoms with Gasteiger partial charge in [0.05, 0.1) is 6.04 Å². The molecule has 22 heavy (non-hydrogen) atoms. The molecule has 0 spiro atoms. The van der Waals surface area contributed by atoms with Crippen LogP contribution in [0.4, 0.5) is 4.79 Å². The number of benzene rings is 1. The smallest absolute Gasteiger partial charge is 0.326 e. The van der Waals surface area contributed by atoms with E-state index in [1.165, 1.54) is 5.56 Å². The van der Waals surface area contributed by atoms with E-state index in [-0.39, 0.29) is 12.0 Å². The first kappa shape index (κ1) is 16.3. The maximum Gasteiger partial charge on any atom is 0.326 e. The number of aryl methyl sites for hydroxylation is 1. The third-order valence-electron chi connectivity index (χ3n) is 4.44. The van der Waals surface area contributed by atoms with Crippen LogP contribution in [0.1, 0.15) is 50.3 Å². The SMILES string of the molecule is CC[C@@H](C)[C@H](NC(=O)N[C@@H]1CCCc2ccccc21)C(=O)O. The first-order valence-corrected chi connectivity index (χ1v) is 7.90. The monoisotopic (exact) mass is 304 g/mol. The summed E-state index contributed by atoms with van der Waals surface area (Å²) in [6, 6.07) is 6.78. The van der Waals surface area contributed by atoms with E-state index >= 15 is 0 Å². The molecule has 120 valence electrons. The number of hydrogen-bond acceptors (Lipinski definition) is 2. The molecule has 3 N–H and O–H groups in total. The first-order valence-electron chi connectivity index (χ1n) is 7.90. The number of hydrogen-bond donors (Lipinski definition) is 3. The van der Waals surface area contributed by atoms with E-state index in [1.54, 1.807) is 0 Å². The second-order valence-corrected chi connectivity index (χ2v) is 5.96. The number of nitrogens with one attached hydrogen (secondary N) is 2. The van der Waals surface area contributed by atoms with Crippen molar-refractivity contribution in [1.29, 1.82) is 0 Å². The largest absolute Gasteiger partial charge is 0.480 e. The van der Waals surface area contributed by atoms with Crippen molar-refractivity contribution >= 4 is 12.0 Å². The van der Waals surface area contributed by atoms with E-state index in [0.29, 0.717) is 6.42 Å². The Morgan fingerprint density at radius 2 is 2.09 bits per heavy atom. The van der Waals surface area contributed by atoms with Crippen molar-refractivity contribution in [2.24, 2.45) is 5.92 Å². The molecular formula is C17H24N2O3. The van der Waals surface area contributed by atoms with Crippen LogP contribution >= 0.6 is 0 Å². The van der Waals surface area contributed by atoms with Crippen LogP contribution in [-0.4, -0.2) is 23.1 Å². The number of urea groups is 1. The Hall–Kier alpha value is -2.04. The average molecular weight is 304 g/mol. The predicted molar refractivity (Wildman–Crippen MR) is 84.7 cm³/mol. The molecule has 0 unspecified atom stereocenters. The zero-order chi connectivity index (χ0) is 16.1. The zero-order valence-corrected chi connectivity index (χ0v) is 13.1. The van der Waals surface area contributed by atoms with Crippen molar-refractivity contribution < 1.29 is 14.7 Å². The molecule has 2 rings (SSSR count). The van der Waals surface area contributed by atoms with Crippen LogP contribution in [0, 0.1) is 5.92 Å². The van der Waals surface area contributed by atoms with Crippen molar-refractivity contribution in [3.8, 4) is 0 Å². The summed E-state index contributed by atoms with van der Waals surface area (Å²) in [5, 5.41) is 14.8. The third-order valence-corrected chi connectivity index (χ3v) is 4.44. The van der Waals surface area contributed by atoms with Gasteiger partial charge in [-0.15, -0.1) is 0 Å². The minimum absolute atomic E-state index is 0.0451. The number of amides is 2. The quantitative estimate of drug-likeness (QED) is 0.782. The van der Waals surface area contributed by atoms with Crippen molar-refractivity contribution in [3.05, 3.63) is 35.4 Å². The van der Waals surface area contributed by atoms with Crippen LogP contribution in [0.25, 0.3) is 0 Å². The van der Waals surface area contributed by atoms with Crippen LogP contribution < -0.4 is 10.6 Å². The highest BCUT2D eigenvalue weighted by molar-refractivity contribution is 5.83. The molecule has 0 heterocycles. The molecule has 1 aliphatic rings. The zero-order valence-electron chi connectivity index (χ0n) is 13.1. The van der Waals surface area contributed by atoms with E-state index in [1.807, 2.05) is 32.0 Å². The molecule has 2 amide bonds. The Bertz CT molecular complexity index is 544. The molecule has 0 fully saturated rings. The summed E-state index contributed by atoms with van der Waals surface area (Å²) >= 11 is 0. The molecule has 1 aromatic rings. The van der Waals surface area contributed by atoms with Gasteiger partial charge in [0, 0.05) is 0 Å². The Balaban J connectivity index is 2.02. The second kappa shape index (κ2) is 7.29. The Kier molecular flexibility index (Phi) is 5.41. The Morgan fingerprint density at radius 3 is 2.77 bits per heavy atom. The fourth-order valence-electron chi connectivity index (χ4n) is 2.93. The number of carbonyl (C=O) groups excluding carboxylic acids is 1. The van der Waals surface area contributed by atoms with Crippen molar-refractivity contribution in [2.75, 3.05) is 0 Å². The second-order valence-electron chi connectivity index (χ2n) is 5.96. The van der Waals surface area contributed by atoms with E-state index in [4.69, 9.17) is 0 Å². The normalized spacial score (nSPS) is 19.6. The number of carboxylic acid groups (broad SMARTS) is 1. The molecule has 0 saturated heterocycles. The summed E-state index contributed by atoms with van der Waals surface area (Å²) < 4.78 is 0. The molecular weight excluding hydrogens is 280 g/mol. The van der Waals surface area contributed by atoms with Gasteiger partial charge in [0.15, 0.2) is 0 Å². The number of carboxylic acids is 1. The fourth-order valence-corrected chi connectivity index (χ4v) is 2.93. The summed E-state index contributed by atoms with van der Waals surface area (Å²) in [6.07, 6.45) is 3.63. The highest BCUT2D eigenvalue weighted by Crippen LogP contribution is 2.29. The maximum absolute atomic E-state index is 12.2. The fraction of sp³-hybridized carbons (Fsp3) is 0.529. The minimum atomic E-state index is -0.992. The maximum atomic E-state index is 12.2. The van der Waals surface area contributed by atoms with Gasteiger partial charge in [0.1, 0.15) is 6.04 Å². The van der Waals surface area contributed by atoms with Gasteiger partial charge in [-0.1, -0.05) is 44.5 Å². The van der Waals surface area contributed by atoms with Gasteiger partial charge < -0.3 is 15.7 Å². The number of carbonyl (C=O) groups is 2. The average Bonchev–Trinajstić information content (AvgIpc) is 2.52. The summed E-state index contributed by atoms with van der Waals surface area (Å²) in [6.45, 7) is 3.74. The Labute approximate surface area is 131 Å². The lowest BCUT2D eigenvalue weighted by molar-refractivity contribution is -0.140. The van der Waals surface area contributed by atoms with Gasteiger partial charge in [-0.3, -0.25) is 0 Å². The topological polar surface area (TPSA) is 78.4 Å². The van der Waals surface area contributed by atoms with Crippen LogP contribution in [0.2, 0.25) is 0 Å². The summed E-state index contributed by atoms with van der Waals surface area (Å²) in [4.78, 5) is 23.5. The van der Waals surface area contributed by atoms with E-state index < -0.39 is 18.0 Å². The highest BCUT2D eigenvalue weighted by atomic mass is 16.4. The molecule has 0 bridgehead atoms. The standard InChI is InChI=1S/C17H24N2O3/c1-3-11(2)15(16(20)21)19-17(22)18-14-10-6-8-12-7-4-5-9-13(12)14/h4-5,7,9,11,14-15H,3,6,8,10H2,1-2H3,(H,20,21)(H2,18,19,22)/t11-,14-,15+/m1/s1. The van der Waals surface area contributed by atoms with Gasteiger partial charge in [-0.2, -0.15) is 0 Å². The first-order chi connectivity index (χ1) is 10.5. The van der Waals surface area contributed by atoms with Gasteiger partial charge in [0.2, 0.25) is 0 Å². The van der Waals surface area contributed by atoms with Crippen LogP contribution in [-0.2, 0) is 11.2 Å². The van der Waals surface area contributed by atoms with Crippen LogP contribution in [0.15, 0.2) is 24.3 Å². The van der Waals surface area contributed by atoms with Gasteiger partial charge in [-0.25, -0.2) is 9.59 Å². The third kappa shape index (κ3) is 3.78. The number of rotatable bonds is 5. The number of aliphatic carboxylic acids is 1. The van der Waals surface area contributed by atoms with E-state index in [2.05, 4.69) is 16.7 Å². The molecule has 0 aliphatic heterocycles. The highest BCUT2D eigenvalue weighted by Gasteiger charge is 2.27. The molecule has 0 saturated carbocycles. The summed E-state index contributed by atoms with van der Waals surface area (Å²) in [7, 11) is 0. The van der Waals surface area contributed by atoms with Crippen LogP contribution in [0.5, 0.6) is 0 Å². The molecule has 0 aromatic heterocycles. The van der Waals surface area contributed by atoms with Crippen molar-refractivity contribution in [2.45, 2.75) is 51.6 Å². The lowest BCUT2D eigenvalue weighted by Crippen LogP contribution is -2.50. The lowest BCUT2D eigenvalue weighted by Gasteiger charge is -2.28. The summed E-state index contributed by atoms with van der Waals surface area (Å²) in [5.41, 5.74) is 2.40. The van der Waals surface area contributed by atoms with Crippen molar-refractivity contribution in [3.63, 3.8) is 0 Å². The van der Waals surface area contributed by atoms with Gasteiger partial charge in [0.25, 0.3) is 0 Å². The molecule has 3 atom stereocenters. The molecule has 1 aromatic carbocycles. The van der Waals surface area contributed by atoms with Gasteiger partial charge in [-0.05, 0) is 36.3 Å². The van der Waals surface area contributed by atoms with E-state index in [0.717, 1.165) is 24.8 Å². The van der Waals surface area contributed by atoms with E-state index in [9.17, 15) is 14.7 Å². The summed E-state index contributed by atoms with van der Waals surface area (Å²) in [5.74, 6) is -1.10. The Morgan fingerprint density at radius 1 is 1.36 bits per heavy atom. The van der Waals surface area contributed by atoms with Gasteiger partial charge >= 0.3 is 12.0 Å². The van der Waals surface area contributed by atoms with Crippen LogP contribution in [0.3, 0.4) is 0 Å². The predicted octanol–water partition coefficient (Wildman–Crippen LogP) is 2.86. The van der Waals surface area contributed by atoms with Crippen molar-refractivity contribution in [1.82, 2.24) is 10.6 Å². The lowest BCUT2D eigenvalue weighted by atomic mass is 9.88. The molecule has 5 nitrogen and oxygen atoms in total. The molecule has 5 heteroatoms. The molecule has 1 aliphatic carbocycles. The minimum Gasteiger partial charge on any atom is -0.480 e. The molecule has 0 radical (unpaired) electrons. The number of fused-ring (bicyclic) bond motifs is 1.